The van der Waals surface area contributed by atoms with E-state index >= 15 is 0 Å². The predicted molar refractivity (Wildman–Crippen MR) is 110 cm³/mol. The molecular formula is C23H21N3O3. The number of rotatable bonds is 8. The molecule has 29 heavy (non-hydrogen) atoms. The molecule has 0 saturated carbocycles. The van der Waals surface area contributed by atoms with Gasteiger partial charge in [-0.15, -0.1) is 0 Å². The van der Waals surface area contributed by atoms with Gasteiger partial charge in [0.25, 0.3) is 0 Å². The summed E-state index contributed by atoms with van der Waals surface area (Å²) in [5, 5.41) is 13.1. The second-order valence-electron chi connectivity index (χ2n) is 6.25. The van der Waals surface area contributed by atoms with Crippen molar-refractivity contribution in [1.29, 1.82) is 5.26 Å². The Kier molecular flexibility index (Phi) is 6.43. The minimum absolute atomic E-state index is 0.150. The Labute approximate surface area is 169 Å². The van der Waals surface area contributed by atoms with Gasteiger partial charge in [-0.3, -0.25) is 9.48 Å². The molecule has 146 valence electrons. The first-order valence-electron chi connectivity index (χ1n) is 9.18. The second kappa shape index (κ2) is 9.38. The molecule has 0 aliphatic carbocycles. The van der Waals surface area contributed by atoms with Crippen molar-refractivity contribution in [3.05, 3.63) is 83.2 Å². The molecule has 1 heterocycles. The molecular weight excluding hydrogens is 366 g/mol. The number of hydrogen-bond donors (Lipinski definition) is 0. The molecule has 1 aromatic heterocycles. The van der Waals surface area contributed by atoms with Crippen molar-refractivity contribution >= 4 is 11.9 Å². The van der Waals surface area contributed by atoms with Crippen molar-refractivity contribution in [2.24, 2.45) is 0 Å². The Morgan fingerprint density at radius 3 is 2.66 bits per heavy atom. The van der Waals surface area contributed by atoms with E-state index in [9.17, 15) is 4.79 Å². The van der Waals surface area contributed by atoms with Crippen molar-refractivity contribution < 1.29 is 14.3 Å². The van der Waals surface area contributed by atoms with Crippen LogP contribution in [0, 0.1) is 11.3 Å². The molecule has 0 fully saturated rings. The number of carbonyl (C=O) groups is 1. The zero-order valence-electron chi connectivity index (χ0n) is 16.3. The fourth-order valence-electron chi connectivity index (χ4n) is 2.73. The van der Waals surface area contributed by atoms with E-state index in [1.807, 2.05) is 25.1 Å². The second-order valence-corrected chi connectivity index (χ2v) is 6.25. The van der Waals surface area contributed by atoms with E-state index in [-0.39, 0.29) is 5.78 Å². The van der Waals surface area contributed by atoms with Gasteiger partial charge in [-0.25, -0.2) is 0 Å². The zero-order valence-corrected chi connectivity index (χ0v) is 16.3. The average molecular weight is 387 g/mol. The summed E-state index contributed by atoms with van der Waals surface area (Å²) in [6.45, 7) is 2.99. The molecule has 3 aromatic rings. The van der Waals surface area contributed by atoms with Crippen LogP contribution in [0.15, 0.2) is 60.8 Å². The van der Waals surface area contributed by atoms with E-state index in [0.717, 1.165) is 17.7 Å². The van der Waals surface area contributed by atoms with Crippen LogP contribution in [-0.2, 0) is 13.2 Å². The summed E-state index contributed by atoms with van der Waals surface area (Å²) in [6, 6.07) is 16.3. The number of allylic oxidation sites excluding steroid dienone is 1. The van der Waals surface area contributed by atoms with E-state index in [4.69, 9.17) is 14.7 Å². The largest absolute Gasteiger partial charge is 0.496 e. The Morgan fingerprint density at radius 2 is 2.00 bits per heavy atom. The Morgan fingerprint density at radius 1 is 1.21 bits per heavy atom. The minimum Gasteiger partial charge on any atom is -0.496 e. The van der Waals surface area contributed by atoms with Crippen LogP contribution in [0.1, 0.15) is 34.1 Å². The molecule has 0 atom stereocenters. The van der Waals surface area contributed by atoms with Gasteiger partial charge in [0.15, 0.2) is 0 Å². The molecule has 0 aliphatic heterocycles. The highest BCUT2D eigenvalue weighted by Crippen LogP contribution is 2.23. The number of hydrogen-bond acceptors (Lipinski definition) is 5. The maximum Gasteiger partial charge on any atom is 0.206 e. The van der Waals surface area contributed by atoms with Crippen molar-refractivity contribution in [3.63, 3.8) is 0 Å². The standard InChI is InChI=1S/C23H21N3O3/c1-3-26-13-12-21(25-26)22(27)10-6-17-7-11-23(28-2)19(14-17)16-29-20-8-4-18(15-24)5-9-20/h4-14H,3,16H2,1-2H3/b10-6+. The van der Waals surface area contributed by atoms with E-state index in [1.165, 1.54) is 6.08 Å². The molecule has 0 radical (unpaired) electrons. The summed E-state index contributed by atoms with van der Waals surface area (Å²) in [6.07, 6.45) is 5.04. The molecule has 0 N–H and O–H groups in total. The smallest absolute Gasteiger partial charge is 0.206 e. The zero-order chi connectivity index (χ0) is 20.6. The lowest BCUT2D eigenvalue weighted by molar-refractivity contribution is 0.104. The fraction of sp³-hybridized carbons (Fsp3) is 0.174. The third-order valence-electron chi connectivity index (χ3n) is 4.33. The average Bonchev–Trinajstić information content (AvgIpc) is 3.26. The number of aryl methyl sites for hydroxylation is 1. The third kappa shape index (κ3) is 5.11. The molecule has 2 aromatic carbocycles. The molecule has 0 spiro atoms. The number of methoxy groups -OCH3 is 1. The van der Waals surface area contributed by atoms with Gasteiger partial charge in [-0.1, -0.05) is 12.1 Å². The molecule has 0 amide bonds. The van der Waals surface area contributed by atoms with E-state index in [1.54, 1.807) is 54.4 Å². The number of carbonyl (C=O) groups excluding carboxylic acids is 1. The number of nitriles is 1. The lowest BCUT2D eigenvalue weighted by atomic mass is 10.1. The predicted octanol–water partition coefficient (Wildman–Crippen LogP) is 4.26. The van der Waals surface area contributed by atoms with Crippen LogP contribution in [-0.4, -0.2) is 22.7 Å². The normalized spacial score (nSPS) is 10.7. The van der Waals surface area contributed by atoms with Gasteiger partial charge < -0.3 is 9.47 Å². The van der Waals surface area contributed by atoms with Crippen LogP contribution in [0.4, 0.5) is 0 Å². The maximum atomic E-state index is 12.3. The molecule has 0 aliphatic rings. The maximum absolute atomic E-state index is 12.3. The highest BCUT2D eigenvalue weighted by atomic mass is 16.5. The quantitative estimate of drug-likeness (QED) is 0.426. The van der Waals surface area contributed by atoms with Crippen molar-refractivity contribution in [3.8, 4) is 17.6 Å². The monoisotopic (exact) mass is 387 g/mol. The highest BCUT2D eigenvalue weighted by Gasteiger charge is 2.08. The van der Waals surface area contributed by atoms with Crippen LogP contribution in [0.25, 0.3) is 6.08 Å². The van der Waals surface area contributed by atoms with Gasteiger partial charge >= 0.3 is 0 Å². The van der Waals surface area contributed by atoms with Gasteiger partial charge in [0.2, 0.25) is 5.78 Å². The van der Waals surface area contributed by atoms with Crippen molar-refractivity contribution in [2.75, 3.05) is 7.11 Å². The van der Waals surface area contributed by atoms with Crippen molar-refractivity contribution in [1.82, 2.24) is 9.78 Å². The van der Waals surface area contributed by atoms with E-state index < -0.39 is 0 Å². The van der Waals surface area contributed by atoms with E-state index in [2.05, 4.69) is 11.2 Å². The summed E-state index contributed by atoms with van der Waals surface area (Å²) >= 11 is 0. The molecule has 0 saturated heterocycles. The number of ketones is 1. The molecule has 0 bridgehead atoms. The van der Waals surface area contributed by atoms with Crippen LogP contribution in [0.3, 0.4) is 0 Å². The van der Waals surface area contributed by atoms with Crippen molar-refractivity contribution in [2.45, 2.75) is 20.1 Å². The summed E-state index contributed by atoms with van der Waals surface area (Å²) in [5.74, 6) is 1.21. The number of nitrogens with zero attached hydrogens (tertiary/aromatic N) is 3. The minimum atomic E-state index is -0.150. The summed E-state index contributed by atoms with van der Waals surface area (Å²) in [5.41, 5.74) is 2.70. The first kappa shape index (κ1) is 19.9. The third-order valence-corrected chi connectivity index (χ3v) is 4.33. The van der Waals surface area contributed by atoms with Gasteiger partial charge in [-0.05, 0) is 61.0 Å². The van der Waals surface area contributed by atoms with Gasteiger partial charge in [0, 0.05) is 18.3 Å². The number of benzene rings is 2. The van der Waals surface area contributed by atoms with Crippen LogP contribution in [0.5, 0.6) is 11.5 Å². The SMILES string of the molecule is CCn1ccc(C(=O)/C=C/c2ccc(OC)c(COc3ccc(C#N)cc3)c2)n1. The Hall–Kier alpha value is -3.85. The first-order valence-corrected chi connectivity index (χ1v) is 9.18. The van der Waals surface area contributed by atoms with E-state index in [0.29, 0.717) is 29.4 Å². The fourth-order valence-corrected chi connectivity index (χ4v) is 2.73. The lowest BCUT2D eigenvalue weighted by Gasteiger charge is -2.11. The van der Waals surface area contributed by atoms with Gasteiger partial charge in [-0.2, -0.15) is 10.4 Å². The summed E-state index contributed by atoms with van der Waals surface area (Å²) in [4.78, 5) is 12.3. The molecule has 6 nitrogen and oxygen atoms in total. The lowest BCUT2D eigenvalue weighted by Crippen LogP contribution is -2.00. The Balaban J connectivity index is 1.71. The molecule has 0 unspecified atom stereocenters. The molecule has 3 rings (SSSR count). The van der Waals surface area contributed by atoms with Crippen LogP contribution in [0.2, 0.25) is 0 Å². The van der Waals surface area contributed by atoms with Crippen LogP contribution < -0.4 is 9.47 Å². The first-order chi connectivity index (χ1) is 14.1. The van der Waals surface area contributed by atoms with Crippen LogP contribution >= 0.6 is 0 Å². The number of ether oxygens (including phenoxy) is 2. The van der Waals surface area contributed by atoms with Gasteiger partial charge in [0.05, 0.1) is 18.7 Å². The number of aromatic nitrogens is 2. The molecule has 6 heteroatoms. The Bertz CT molecular complexity index is 1060. The summed E-state index contributed by atoms with van der Waals surface area (Å²) < 4.78 is 12.9. The van der Waals surface area contributed by atoms with Gasteiger partial charge in [0.1, 0.15) is 23.8 Å². The topological polar surface area (TPSA) is 77.1 Å². The summed E-state index contributed by atoms with van der Waals surface area (Å²) in [7, 11) is 1.60. The highest BCUT2D eigenvalue weighted by molar-refractivity contribution is 6.05.